The first kappa shape index (κ1) is 35.9. The molecule has 0 bridgehead atoms. The van der Waals surface area contributed by atoms with Crippen molar-refractivity contribution >= 4 is 53.3 Å². The van der Waals surface area contributed by atoms with E-state index in [9.17, 15) is 0 Å². The molecule has 290 valence electrons. The van der Waals surface area contributed by atoms with Gasteiger partial charge in [0.05, 0.1) is 16.7 Å². The topological polar surface area (TPSA) is 43.6 Å². The Bertz CT molecular complexity index is 3630. The molecule has 0 N–H and O–H groups in total. The van der Waals surface area contributed by atoms with Crippen LogP contribution >= 0.6 is 11.3 Å². The van der Waals surface area contributed by atoms with Crippen molar-refractivity contribution in [2.75, 3.05) is 0 Å². The molecule has 12 aromatic rings. The molecule has 0 spiro atoms. The van der Waals surface area contributed by atoms with E-state index in [2.05, 4.69) is 205 Å². The first-order valence-electron chi connectivity index (χ1n) is 20.9. The zero-order chi connectivity index (χ0) is 41.0. The van der Waals surface area contributed by atoms with Gasteiger partial charge in [0, 0.05) is 47.6 Å². The highest BCUT2D eigenvalue weighted by molar-refractivity contribution is 7.26. The van der Waals surface area contributed by atoms with Crippen LogP contribution in [-0.4, -0.2) is 19.5 Å². The molecule has 0 saturated carbocycles. The van der Waals surface area contributed by atoms with Gasteiger partial charge in [0.15, 0.2) is 17.5 Å². The minimum absolute atomic E-state index is 0.602. The zero-order valence-corrected chi connectivity index (χ0v) is 34.3. The van der Waals surface area contributed by atoms with Crippen molar-refractivity contribution in [2.24, 2.45) is 0 Å². The van der Waals surface area contributed by atoms with E-state index >= 15 is 0 Å². The number of nitrogens with zero attached hydrogens (tertiary/aromatic N) is 4. The Morgan fingerprint density at radius 1 is 0.323 bits per heavy atom. The molecular formula is C57H36N4S. The molecule has 0 fully saturated rings. The van der Waals surface area contributed by atoms with Crippen molar-refractivity contribution in [1.29, 1.82) is 0 Å². The second-order valence-electron chi connectivity index (χ2n) is 15.5. The fraction of sp³-hybridized carbons (Fsp3) is 0. The van der Waals surface area contributed by atoms with Gasteiger partial charge in [-0.05, 0) is 69.8 Å². The van der Waals surface area contributed by atoms with Crippen molar-refractivity contribution < 1.29 is 0 Å². The highest BCUT2D eigenvalue weighted by atomic mass is 32.1. The molecule has 3 heterocycles. The Hall–Kier alpha value is -7.99. The molecule has 0 radical (unpaired) electrons. The van der Waals surface area contributed by atoms with Crippen LogP contribution in [0.4, 0.5) is 0 Å². The summed E-state index contributed by atoms with van der Waals surface area (Å²) in [6, 6.07) is 77.4. The highest BCUT2D eigenvalue weighted by Crippen LogP contribution is 2.43. The monoisotopic (exact) mass is 808 g/mol. The molecule has 62 heavy (non-hydrogen) atoms. The van der Waals surface area contributed by atoms with Crippen molar-refractivity contribution in [2.45, 2.75) is 0 Å². The molecule has 0 aliphatic rings. The van der Waals surface area contributed by atoms with Gasteiger partial charge in [-0.2, -0.15) is 0 Å². The van der Waals surface area contributed by atoms with Crippen molar-refractivity contribution in [3.63, 3.8) is 0 Å². The Morgan fingerprint density at radius 3 is 1.69 bits per heavy atom. The van der Waals surface area contributed by atoms with Crippen LogP contribution in [0, 0.1) is 0 Å². The molecule has 0 saturated heterocycles. The summed E-state index contributed by atoms with van der Waals surface area (Å²) in [7, 11) is 0. The number of rotatable bonds is 7. The minimum Gasteiger partial charge on any atom is -0.308 e. The standard InChI is InChI=1S/C57H36N4S/c1-4-17-37(18-5-1)40-33-34-48(51(36-40)61-49-30-12-10-26-47(49)53-43(27-16-31-50(53)61)38-19-6-2-7-20-38)57-59-55(39-21-8-3-9-22-39)58-56(60-57)42-24-14-23-41(35-42)44-28-15-29-46-45-25-11-13-32-52(45)62-54(44)46/h1-36H. The van der Waals surface area contributed by atoms with Crippen LogP contribution in [0.3, 0.4) is 0 Å². The van der Waals surface area contributed by atoms with Gasteiger partial charge in [0.1, 0.15) is 0 Å². The smallest absolute Gasteiger partial charge is 0.166 e. The van der Waals surface area contributed by atoms with Gasteiger partial charge in [-0.15, -0.1) is 11.3 Å². The highest BCUT2D eigenvalue weighted by Gasteiger charge is 2.22. The summed E-state index contributed by atoms with van der Waals surface area (Å²) < 4.78 is 4.96. The van der Waals surface area contributed by atoms with E-state index in [1.54, 1.807) is 0 Å². The Kier molecular flexibility index (Phi) is 8.65. The molecule has 0 unspecified atom stereocenters. The summed E-state index contributed by atoms with van der Waals surface area (Å²) in [5, 5.41) is 4.95. The summed E-state index contributed by atoms with van der Waals surface area (Å²) in [6.07, 6.45) is 0. The lowest BCUT2D eigenvalue weighted by Crippen LogP contribution is -2.04. The van der Waals surface area contributed by atoms with Crippen molar-refractivity contribution in [3.05, 3.63) is 218 Å². The number of hydrogen-bond donors (Lipinski definition) is 0. The third kappa shape index (κ3) is 6.09. The van der Waals surface area contributed by atoms with Gasteiger partial charge in [-0.1, -0.05) is 182 Å². The second kappa shape index (κ2) is 14.9. The Balaban J connectivity index is 1.10. The van der Waals surface area contributed by atoms with Crippen LogP contribution in [0.5, 0.6) is 0 Å². The SMILES string of the molecule is c1ccc(-c2ccc(-c3nc(-c4ccccc4)nc(-c4cccc(-c5cccc6c5sc5ccccc56)c4)n3)c(-n3c4ccccc4c4c(-c5ccccc5)cccc43)c2)cc1. The summed E-state index contributed by atoms with van der Waals surface area (Å²) in [5.41, 5.74) is 12.9. The first-order chi connectivity index (χ1) is 30.7. The van der Waals surface area contributed by atoms with E-state index in [4.69, 9.17) is 15.0 Å². The number of benzene rings is 9. The van der Waals surface area contributed by atoms with Gasteiger partial charge in [0.2, 0.25) is 0 Å². The van der Waals surface area contributed by atoms with Crippen LogP contribution in [0.1, 0.15) is 0 Å². The van der Waals surface area contributed by atoms with Crippen LogP contribution in [0.2, 0.25) is 0 Å². The molecule has 0 amide bonds. The zero-order valence-electron chi connectivity index (χ0n) is 33.5. The van der Waals surface area contributed by atoms with E-state index in [0.29, 0.717) is 17.5 Å². The van der Waals surface area contributed by atoms with E-state index in [0.717, 1.165) is 50.1 Å². The summed E-state index contributed by atoms with van der Waals surface area (Å²) in [6.45, 7) is 0. The predicted octanol–water partition coefficient (Wildman–Crippen LogP) is 15.3. The summed E-state index contributed by atoms with van der Waals surface area (Å²) in [4.78, 5) is 15.9. The molecule has 12 rings (SSSR count). The van der Waals surface area contributed by atoms with E-state index in [1.807, 2.05) is 29.5 Å². The average molecular weight is 809 g/mol. The normalized spacial score (nSPS) is 11.5. The molecule has 5 heteroatoms. The number of fused-ring (bicyclic) bond motifs is 6. The quantitative estimate of drug-likeness (QED) is 0.161. The first-order valence-corrected chi connectivity index (χ1v) is 21.7. The third-order valence-electron chi connectivity index (χ3n) is 11.9. The van der Waals surface area contributed by atoms with Crippen LogP contribution in [-0.2, 0) is 0 Å². The fourth-order valence-corrected chi connectivity index (χ4v) is 10.2. The van der Waals surface area contributed by atoms with Gasteiger partial charge >= 0.3 is 0 Å². The maximum Gasteiger partial charge on any atom is 0.166 e. The van der Waals surface area contributed by atoms with E-state index < -0.39 is 0 Å². The van der Waals surface area contributed by atoms with E-state index in [-0.39, 0.29) is 0 Å². The number of hydrogen-bond acceptors (Lipinski definition) is 4. The minimum atomic E-state index is 0.602. The Labute approximate surface area is 362 Å². The second-order valence-corrected chi connectivity index (χ2v) is 16.6. The largest absolute Gasteiger partial charge is 0.308 e. The molecule has 0 atom stereocenters. The molecule has 4 nitrogen and oxygen atoms in total. The van der Waals surface area contributed by atoms with Gasteiger partial charge in [-0.3, -0.25) is 0 Å². The van der Waals surface area contributed by atoms with Crippen LogP contribution in [0.15, 0.2) is 218 Å². The fourth-order valence-electron chi connectivity index (χ4n) is 9.00. The molecular weight excluding hydrogens is 773 g/mol. The maximum atomic E-state index is 5.40. The average Bonchev–Trinajstić information content (AvgIpc) is 3.91. The number of para-hydroxylation sites is 1. The number of aromatic nitrogens is 4. The lowest BCUT2D eigenvalue weighted by atomic mass is 9.99. The summed E-state index contributed by atoms with van der Waals surface area (Å²) in [5.74, 6) is 1.84. The maximum absolute atomic E-state index is 5.40. The lowest BCUT2D eigenvalue weighted by molar-refractivity contribution is 1.06. The number of thiophene rings is 1. The third-order valence-corrected chi connectivity index (χ3v) is 13.1. The van der Waals surface area contributed by atoms with Gasteiger partial charge in [-0.25, -0.2) is 15.0 Å². The molecule has 0 aliphatic carbocycles. The van der Waals surface area contributed by atoms with Crippen molar-refractivity contribution in [1.82, 2.24) is 19.5 Å². The lowest BCUT2D eigenvalue weighted by Gasteiger charge is -2.17. The molecule has 3 aromatic heterocycles. The van der Waals surface area contributed by atoms with Crippen molar-refractivity contribution in [3.8, 4) is 73.2 Å². The van der Waals surface area contributed by atoms with E-state index in [1.165, 1.54) is 47.6 Å². The molecule has 9 aromatic carbocycles. The Morgan fingerprint density at radius 2 is 0.887 bits per heavy atom. The van der Waals surface area contributed by atoms with Crippen LogP contribution in [0.25, 0.3) is 115 Å². The molecule has 0 aliphatic heterocycles. The van der Waals surface area contributed by atoms with Crippen LogP contribution < -0.4 is 0 Å². The van der Waals surface area contributed by atoms with Gasteiger partial charge in [0.25, 0.3) is 0 Å². The predicted molar refractivity (Wildman–Crippen MR) is 260 cm³/mol. The van der Waals surface area contributed by atoms with Gasteiger partial charge < -0.3 is 4.57 Å². The summed E-state index contributed by atoms with van der Waals surface area (Å²) >= 11 is 1.84.